The van der Waals surface area contributed by atoms with Gasteiger partial charge in [-0.05, 0) is 35.6 Å². The lowest BCUT2D eigenvalue weighted by molar-refractivity contribution is -0.138. The standard InChI is InChI=1S/C15H18N2O3S/c1-9(2)13-16-14(21-17-13)12(15(18)19)8-10-4-6-11(20-3)7-5-10/h4-7,9,12H,8H2,1-3H3,(H,18,19). The number of aliphatic carboxylic acids is 1. The van der Waals surface area contributed by atoms with Crippen LogP contribution in [0.4, 0.5) is 0 Å². The molecular formula is C15H18N2O3S. The van der Waals surface area contributed by atoms with Crippen LogP contribution in [0.5, 0.6) is 5.75 Å². The molecule has 1 heterocycles. The van der Waals surface area contributed by atoms with Crippen LogP contribution in [0.1, 0.15) is 42.1 Å². The number of hydrogen-bond donors (Lipinski definition) is 1. The number of ether oxygens (including phenoxy) is 1. The maximum Gasteiger partial charge on any atom is 0.313 e. The van der Waals surface area contributed by atoms with E-state index in [1.54, 1.807) is 7.11 Å². The van der Waals surface area contributed by atoms with Crippen molar-refractivity contribution in [2.24, 2.45) is 0 Å². The highest BCUT2D eigenvalue weighted by molar-refractivity contribution is 7.05. The highest BCUT2D eigenvalue weighted by atomic mass is 32.1. The van der Waals surface area contributed by atoms with Gasteiger partial charge in [-0.1, -0.05) is 26.0 Å². The Balaban J connectivity index is 2.19. The molecule has 5 nitrogen and oxygen atoms in total. The average Bonchev–Trinajstić information content (AvgIpc) is 2.94. The van der Waals surface area contributed by atoms with Crippen LogP contribution in [-0.2, 0) is 11.2 Å². The van der Waals surface area contributed by atoms with Gasteiger partial charge in [0.15, 0.2) is 0 Å². The Labute approximate surface area is 127 Å². The van der Waals surface area contributed by atoms with Crippen LogP contribution in [0.25, 0.3) is 0 Å². The van der Waals surface area contributed by atoms with Gasteiger partial charge in [0.2, 0.25) is 0 Å². The molecule has 1 unspecified atom stereocenters. The molecule has 2 aromatic rings. The smallest absolute Gasteiger partial charge is 0.313 e. The molecule has 0 spiro atoms. The first-order valence-corrected chi connectivity index (χ1v) is 7.47. The van der Waals surface area contributed by atoms with Gasteiger partial charge in [-0.25, -0.2) is 4.98 Å². The van der Waals surface area contributed by atoms with Crippen molar-refractivity contribution >= 4 is 17.5 Å². The van der Waals surface area contributed by atoms with E-state index in [4.69, 9.17) is 4.74 Å². The Morgan fingerprint density at radius 1 is 1.33 bits per heavy atom. The van der Waals surface area contributed by atoms with E-state index < -0.39 is 11.9 Å². The monoisotopic (exact) mass is 306 g/mol. The number of carbonyl (C=O) groups is 1. The highest BCUT2D eigenvalue weighted by Gasteiger charge is 2.25. The van der Waals surface area contributed by atoms with E-state index in [0.717, 1.165) is 11.3 Å². The molecule has 1 atom stereocenters. The summed E-state index contributed by atoms with van der Waals surface area (Å²) in [5, 5.41) is 10.0. The SMILES string of the molecule is COc1ccc(CC(C(=O)O)c2nc(C(C)C)ns2)cc1. The number of aromatic nitrogens is 2. The van der Waals surface area contributed by atoms with E-state index in [0.29, 0.717) is 17.3 Å². The van der Waals surface area contributed by atoms with E-state index >= 15 is 0 Å². The van der Waals surface area contributed by atoms with Gasteiger partial charge in [0.1, 0.15) is 22.5 Å². The largest absolute Gasteiger partial charge is 0.497 e. The summed E-state index contributed by atoms with van der Waals surface area (Å²) in [6.45, 7) is 3.98. The zero-order valence-corrected chi connectivity index (χ0v) is 13.1. The molecule has 0 saturated heterocycles. The Morgan fingerprint density at radius 2 is 2.00 bits per heavy atom. The second-order valence-corrected chi connectivity index (χ2v) is 5.87. The van der Waals surface area contributed by atoms with E-state index in [1.165, 1.54) is 11.5 Å². The fourth-order valence-electron chi connectivity index (χ4n) is 1.90. The van der Waals surface area contributed by atoms with Crippen molar-refractivity contribution in [2.75, 3.05) is 7.11 Å². The lowest BCUT2D eigenvalue weighted by Crippen LogP contribution is -2.14. The lowest BCUT2D eigenvalue weighted by Gasteiger charge is -2.09. The second kappa shape index (κ2) is 6.67. The third-order valence-electron chi connectivity index (χ3n) is 3.17. The summed E-state index contributed by atoms with van der Waals surface area (Å²) in [6.07, 6.45) is 0.395. The third kappa shape index (κ3) is 3.78. The summed E-state index contributed by atoms with van der Waals surface area (Å²) in [4.78, 5) is 15.9. The van der Waals surface area contributed by atoms with Crippen molar-refractivity contribution in [1.29, 1.82) is 0 Å². The van der Waals surface area contributed by atoms with Gasteiger partial charge in [-0.3, -0.25) is 4.79 Å². The summed E-state index contributed by atoms with van der Waals surface area (Å²) in [7, 11) is 1.60. The van der Waals surface area contributed by atoms with E-state index in [9.17, 15) is 9.90 Å². The lowest BCUT2D eigenvalue weighted by atomic mass is 10.00. The summed E-state index contributed by atoms with van der Waals surface area (Å²) in [6, 6.07) is 7.40. The fraction of sp³-hybridized carbons (Fsp3) is 0.400. The number of methoxy groups -OCH3 is 1. The quantitative estimate of drug-likeness (QED) is 0.888. The van der Waals surface area contributed by atoms with E-state index in [1.807, 2.05) is 38.1 Å². The topological polar surface area (TPSA) is 72.3 Å². The van der Waals surface area contributed by atoms with Crippen molar-refractivity contribution in [3.8, 4) is 5.75 Å². The second-order valence-electron chi connectivity index (χ2n) is 5.09. The minimum Gasteiger partial charge on any atom is -0.497 e. The maximum absolute atomic E-state index is 11.5. The van der Waals surface area contributed by atoms with Crippen molar-refractivity contribution in [3.63, 3.8) is 0 Å². The summed E-state index contributed by atoms with van der Waals surface area (Å²) >= 11 is 1.17. The van der Waals surface area contributed by atoms with Crippen molar-refractivity contribution in [2.45, 2.75) is 32.1 Å². The molecule has 0 radical (unpaired) electrons. The van der Waals surface area contributed by atoms with Crippen molar-refractivity contribution < 1.29 is 14.6 Å². The number of nitrogens with zero attached hydrogens (tertiary/aromatic N) is 2. The molecule has 0 fully saturated rings. The summed E-state index contributed by atoms with van der Waals surface area (Å²) in [5.41, 5.74) is 0.935. The minimum absolute atomic E-state index is 0.199. The van der Waals surface area contributed by atoms with Gasteiger partial charge in [0.05, 0.1) is 7.11 Å². The molecule has 1 aromatic carbocycles. The molecule has 0 aliphatic rings. The maximum atomic E-state index is 11.5. The van der Waals surface area contributed by atoms with Gasteiger partial charge in [-0.2, -0.15) is 4.37 Å². The molecule has 21 heavy (non-hydrogen) atoms. The number of carboxylic acids is 1. The predicted molar refractivity (Wildman–Crippen MR) is 81.1 cm³/mol. The molecule has 0 amide bonds. The average molecular weight is 306 g/mol. The van der Waals surface area contributed by atoms with Crippen LogP contribution in [0.3, 0.4) is 0 Å². The minimum atomic E-state index is -0.878. The van der Waals surface area contributed by atoms with Crippen molar-refractivity contribution in [1.82, 2.24) is 9.36 Å². The van der Waals surface area contributed by atoms with Gasteiger partial charge in [-0.15, -0.1) is 0 Å². The zero-order chi connectivity index (χ0) is 15.4. The molecule has 112 valence electrons. The molecule has 0 aliphatic heterocycles. The molecule has 6 heteroatoms. The number of hydrogen-bond acceptors (Lipinski definition) is 5. The third-order valence-corrected chi connectivity index (χ3v) is 4.01. The Morgan fingerprint density at radius 3 is 2.48 bits per heavy atom. The van der Waals surface area contributed by atoms with E-state index in [2.05, 4.69) is 9.36 Å². The molecule has 1 N–H and O–H groups in total. The molecule has 0 aliphatic carbocycles. The van der Waals surface area contributed by atoms with Crippen LogP contribution in [0, 0.1) is 0 Å². The van der Waals surface area contributed by atoms with E-state index in [-0.39, 0.29) is 5.92 Å². The molecular weight excluding hydrogens is 288 g/mol. The van der Waals surface area contributed by atoms with Crippen LogP contribution in [0.15, 0.2) is 24.3 Å². The molecule has 0 saturated carbocycles. The van der Waals surface area contributed by atoms with Gasteiger partial charge in [0, 0.05) is 5.92 Å². The summed E-state index contributed by atoms with van der Waals surface area (Å²) < 4.78 is 9.33. The first-order chi connectivity index (χ1) is 10.0. The van der Waals surface area contributed by atoms with Crippen LogP contribution >= 0.6 is 11.5 Å². The summed E-state index contributed by atoms with van der Waals surface area (Å²) in [5.74, 6) is 0.116. The van der Waals surface area contributed by atoms with Gasteiger partial charge in [0.25, 0.3) is 0 Å². The molecule has 0 bridgehead atoms. The van der Waals surface area contributed by atoms with Gasteiger partial charge >= 0.3 is 5.97 Å². The van der Waals surface area contributed by atoms with Crippen LogP contribution < -0.4 is 4.74 Å². The Bertz CT molecular complexity index is 608. The zero-order valence-electron chi connectivity index (χ0n) is 12.2. The Hall–Kier alpha value is -1.95. The highest BCUT2D eigenvalue weighted by Crippen LogP contribution is 2.25. The first kappa shape index (κ1) is 15.4. The number of carboxylic acid groups (broad SMARTS) is 1. The van der Waals surface area contributed by atoms with Crippen LogP contribution in [-0.4, -0.2) is 27.5 Å². The molecule has 1 aromatic heterocycles. The number of benzene rings is 1. The number of rotatable bonds is 6. The van der Waals surface area contributed by atoms with Crippen LogP contribution in [0.2, 0.25) is 0 Å². The first-order valence-electron chi connectivity index (χ1n) is 6.70. The predicted octanol–water partition coefficient (Wildman–Crippen LogP) is 3.08. The van der Waals surface area contributed by atoms with Crippen molar-refractivity contribution in [3.05, 3.63) is 40.7 Å². The van der Waals surface area contributed by atoms with Gasteiger partial charge < -0.3 is 9.84 Å². The Kier molecular flexibility index (Phi) is 4.90. The normalized spacial score (nSPS) is 12.4. The molecule has 2 rings (SSSR count). The fourth-order valence-corrected chi connectivity index (χ4v) is 2.79.